The number of nitrogen functional groups attached to an aromatic ring is 1. The monoisotopic (exact) mass is 283 g/mol. The van der Waals surface area contributed by atoms with Gasteiger partial charge < -0.3 is 10.6 Å². The van der Waals surface area contributed by atoms with Crippen LogP contribution in [0, 0.1) is 0 Å². The molecule has 5 heteroatoms. The molecule has 0 aliphatic heterocycles. The Morgan fingerprint density at radius 3 is 2.75 bits per heavy atom. The fraction of sp³-hybridized carbons (Fsp3) is 0.0667. The van der Waals surface area contributed by atoms with Crippen molar-refractivity contribution >= 4 is 38.7 Å². The van der Waals surface area contributed by atoms with Crippen LogP contribution in [0.2, 0.25) is 0 Å². The van der Waals surface area contributed by atoms with Gasteiger partial charge >= 0.3 is 0 Å². The van der Waals surface area contributed by atoms with Gasteiger partial charge in [-0.05, 0) is 18.2 Å². The van der Waals surface area contributed by atoms with Crippen LogP contribution in [0.25, 0.3) is 10.1 Å². The summed E-state index contributed by atoms with van der Waals surface area (Å²) in [7, 11) is 1.73. The van der Waals surface area contributed by atoms with E-state index in [1.165, 1.54) is 11.3 Å². The lowest BCUT2D eigenvalue weighted by molar-refractivity contribution is 0.0997. The van der Waals surface area contributed by atoms with E-state index in [2.05, 4.69) is 4.98 Å². The minimum atomic E-state index is -0.114. The standard InChI is InChI=1S/C15H13N3OS/c1-18(10-5-4-8-17-9-10)15(19)14-13(16)11-6-2-3-7-12(11)20-14/h2-9H,16H2,1H3. The van der Waals surface area contributed by atoms with Gasteiger partial charge in [-0.2, -0.15) is 0 Å². The van der Waals surface area contributed by atoms with E-state index in [0.29, 0.717) is 10.6 Å². The topological polar surface area (TPSA) is 59.2 Å². The lowest BCUT2D eigenvalue weighted by Gasteiger charge is -2.16. The van der Waals surface area contributed by atoms with E-state index >= 15 is 0 Å². The van der Waals surface area contributed by atoms with Crippen LogP contribution in [0.1, 0.15) is 9.67 Å². The lowest BCUT2D eigenvalue weighted by atomic mass is 10.2. The van der Waals surface area contributed by atoms with Gasteiger partial charge in [0.15, 0.2) is 0 Å². The van der Waals surface area contributed by atoms with Gasteiger partial charge in [-0.1, -0.05) is 18.2 Å². The summed E-state index contributed by atoms with van der Waals surface area (Å²) in [6.45, 7) is 0. The highest BCUT2D eigenvalue weighted by molar-refractivity contribution is 7.21. The minimum absolute atomic E-state index is 0.114. The summed E-state index contributed by atoms with van der Waals surface area (Å²) >= 11 is 1.42. The van der Waals surface area contributed by atoms with E-state index in [9.17, 15) is 4.79 Å². The van der Waals surface area contributed by atoms with Gasteiger partial charge in [-0.3, -0.25) is 9.78 Å². The molecule has 0 spiro atoms. The molecule has 0 radical (unpaired) electrons. The second kappa shape index (κ2) is 4.94. The molecule has 0 atom stereocenters. The molecule has 100 valence electrons. The first-order valence-electron chi connectivity index (χ1n) is 6.13. The van der Waals surface area contributed by atoms with Crippen LogP contribution >= 0.6 is 11.3 Å². The second-order valence-corrected chi connectivity index (χ2v) is 5.47. The molecule has 3 rings (SSSR count). The summed E-state index contributed by atoms with van der Waals surface area (Å²) in [4.78, 5) is 18.7. The van der Waals surface area contributed by atoms with Crippen molar-refractivity contribution in [1.82, 2.24) is 4.98 Å². The van der Waals surface area contributed by atoms with Crippen LogP contribution in [0.5, 0.6) is 0 Å². The number of carbonyl (C=O) groups is 1. The number of amides is 1. The fourth-order valence-corrected chi connectivity index (χ4v) is 3.14. The predicted octanol–water partition coefficient (Wildman–Crippen LogP) is 3.16. The number of hydrogen-bond donors (Lipinski definition) is 1. The molecule has 2 N–H and O–H groups in total. The molecule has 3 aromatic rings. The Kier molecular flexibility index (Phi) is 3.12. The molecule has 2 heterocycles. The van der Waals surface area contributed by atoms with E-state index in [4.69, 9.17) is 5.73 Å². The van der Waals surface area contributed by atoms with Crippen molar-refractivity contribution in [2.45, 2.75) is 0 Å². The smallest absolute Gasteiger partial charge is 0.270 e. The number of fused-ring (bicyclic) bond motifs is 1. The van der Waals surface area contributed by atoms with E-state index in [1.54, 1.807) is 30.4 Å². The number of aromatic nitrogens is 1. The molecule has 0 aliphatic carbocycles. The molecular formula is C15H13N3OS. The van der Waals surface area contributed by atoms with Gasteiger partial charge in [0, 0.05) is 23.3 Å². The van der Waals surface area contributed by atoms with Gasteiger partial charge in [0.2, 0.25) is 0 Å². The average Bonchev–Trinajstić information content (AvgIpc) is 2.84. The van der Waals surface area contributed by atoms with E-state index in [0.717, 1.165) is 15.8 Å². The summed E-state index contributed by atoms with van der Waals surface area (Å²) in [5.74, 6) is -0.114. The first kappa shape index (κ1) is 12.6. The molecule has 4 nitrogen and oxygen atoms in total. The first-order chi connectivity index (χ1) is 9.68. The third-order valence-corrected chi connectivity index (χ3v) is 4.34. The van der Waals surface area contributed by atoms with Crippen molar-refractivity contribution < 1.29 is 4.79 Å². The molecule has 0 aliphatic rings. The number of hydrogen-bond acceptors (Lipinski definition) is 4. The highest BCUT2D eigenvalue weighted by atomic mass is 32.1. The molecule has 1 aromatic carbocycles. The van der Waals surface area contributed by atoms with Gasteiger partial charge in [-0.25, -0.2) is 0 Å². The molecule has 0 fully saturated rings. The SMILES string of the molecule is CN(C(=O)c1sc2ccccc2c1N)c1cccnc1. The molecule has 1 amide bonds. The number of anilines is 2. The summed E-state index contributed by atoms with van der Waals surface area (Å²) in [6, 6.07) is 11.4. The third kappa shape index (κ3) is 2.02. The Morgan fingerprint density at radius 1 is 1.25 bits per heavy atom. The fourth-order valence-electron chi connectivity index (χ4n) is 2.05. The van der Waals surface area contributed by atoms with Gasteiger partial charge in [0.25, 0.3) is 5.91 Å². The molecule has 0 saturated carbocycles. The number of thiophene rings is 1. The normalized spacial score (nSPS) is 10.7. The summed E-state index contributed by atoms with van der Waals surface area (Å²) < 4.78 is 1.02. The van der Waals surface area contributed by atoms with Crippen molar-refractivity contribution in [1.29, 1.82) is 0 Å². The summed E-state index contributed by atoms with van der Waals surface area (Å²) in [5.41, 5.74) is 7.40. The Balaban J connectivity index is 2.03. The quantitative estimate of drug-likeness (QED) is 0.786. The van der Waals surface area contributed by atoms with Crippen LogP contribution in [-0.2, 0) is 0 Å². The Hall–Kier alpha value is -2.40. The molecule has 2 aromatic heterocycles. The van der Waals surface area contributed by atoms with Crippen LogP contribution < -0.4 is 10.6 Å². The first-order valence-corrected chi connectivity index (χ1v) is 6.95. The summed E-state index contributed by atoms with van der Waals surface area (Å²) in [6.07, 6.45) is 3.33. The second-order valence-electron chi connectivity index (χ2n) is 4.42. The van der Waals surface area contributed by atoms with E-state index < -0.39 is 0 Å². The lowest BCUT2D eigenvalue weighted by Crippen LogP contribution is -2.26. The number of rotatable bonds is 2. The molecule has 0 bridgehead atoms. The number of carbonyl (C=O) groups excluding carboxylic acids is 1. The Morgan fingerprint density at radius 2 is 2.05 bits per heavy atom. The molecular weight excluding hydrogens is 270 g/mol. The van der Waals surface area contributed by atoms with Crippen LogP contribution in [0.3, 0.4) is 0 Å². The average molecular weight is 283 g/mol. The Bertz CT molecular complexity index is 767. The minimum Gasteiger partial charge on any atom is -0.397 e. The van der Waals surface area contributed by atoms with Crippen molar-refractivity contribution in [3.63, 3.8) is 0 Å². The molecule has 0 saturated heterocycles. The maximum Gasteiger partial charge on any atom is 0.270 e. The van der Waals surface area contributed by atoms with Crippen molar-refractivity contribution in [3.05, 3.63) is 53.7 Å². The number of pyridine rings is 1. The van der Waals surface area contributed by atoms with Crippen LogP contribution in [-0.4, -0.2) is 17.9 Å². The zero-order valence-electron chi connectivity index (χ0n) is 10.9. The van der Waals surface area contributed by atoms with E-state index in [1.807, 2.05) is 30.3 Å². The largest absolute Gasteiger partial charge is 0.397 e. The number of nitrogens with zero attached hydrogens (tertiary/aromatic N) is 2. The molecule has 20 heavy (non-hydrogen) atoms. The highest BCUT2D eigenvalue weighted by Gasteiger charge is 2.20. The maximum atomic E-state index is 12.6. The zero-order valence-corrected chi connectivity index (χ0v) is 11.7. The number of nitrogens with two attached hydrogens (primary N) is 1. The van der Waals surface area contributed by atoms with E-state index in [-0.39, 0.29) is 5.91 Å². The maximum absolute atomic E-state index is 12.6. The Labute approximate surface area is 120 Å². The van der Waals surface area contributed by atoms with Crippen LogP contribution in [0.15, 0.2) is 48.8 Å². The predicted molar refractivity (Wildman–Crippen MR) is 83.2 cm³/mol. The highest BCUT2D eigenvalue weighted by Crippen LogP contribution is 2.34. The van der Waals surface area contributed by atoms with Gasteiger partial charge in [0.05, 0.1) is 17.6 Å². The zero-order chi connectivity index (χ0) is 14.1. The van der Waals surface area contributed by atoms with Crippen molar-refractivity contribution in [2.24, 2.45) is 0 Å². The van der Waals surface area contributed by atoms with Gasteiger partial charge in [0.1, 0.15) is 4.88 Å². The third-order valence-electron chi connectivity index (χ3n) is 3.17. The van der Waals surface area contributed by atoms with Crippen molar-refractivity contribution in [3.8, 4) is 0 Å². The molecule has 0 unspecified atom stereocenters. The van der Waals surface area contributed by atoms with Crippen LogP contribution in [0.4, 0.5) is 11.4 Å². The summed E-state index contributed by atoms with van der Waals surface area (Å²) in [5, 5.41) is 0.931. The number of benzene rings is 1. The van der Waals surface area contributed by atoms with Crippen molar-refractivity contribution in [2.75, 3.05) is 17.7 Å². The van der Waals surface area contributed by atoms with Gasteiger partial charge in [-0.15, -0.1) is 11.3 Å².